The van der Waals surface area contributed by atoms with Crippen molar-refractivity contribution in [2.75, 3.05) is 23.0 Å². The SMILES string of the molecule is C[S@@](=N)(=O)c1cc(NC(=O)[C@H]2CC3(CCCC3)CN2c2ccc(F)c(F)c2OC(F)F)ccn1. The number of carbonyl (C=O) groups is 1. The van der Waals surface area contributed by atoms with Gasteiger partial charge in [-0.2, -0.15) is 13.2 Å². The van der Waals surface area contributed by atoms with Gasteiger partial charge in [-0.05, 0) is 48.9 Å². The summed E-state index contributed by atoms with van der Waals surface area (Å²) < 4.78 is 78.4. The van der Waals surface area contributed by atoms with Gasteiger partial charge in [0.2, 0.25) is 11.7 Å². The summed E-state index contributed by atoms with van der Waals surface area (Å²) in [5.41, 5.74) is -0.128. The fourth-order valence-corrected chi connectivity index (χ4v) is 5.52. The van der Waals surface area contributed by atoms with E-state index in [1.165, 1.54) is 29.5 Å². The van der Waals surface area contributed by atoms with Crippen molar-refractivity contribution in [3.63, 3.8) is 0 Å². The van der Waals surface area contributed by atoms with E-state index in [2.05, 4.69) is 15.0 Å². The van der Waals surface area contributed by atoms with Gasteiger partial charge in [0, 0.05) is 24.7 Å². The van der Waals surface area contributed by atoms with Crippen molar-refractivity contribution in [2.24, 2.45) is 5.41 Å². The Hall–Kier alpha value is -2.89. The fraction of sp³-hybridized carbons (Fsp3) is 0.455. The Balaban J connectivity index is 1.70. The Kier molecular flexibility index (Phi) is 6.45. The first-order chi connectivity index (χ1) is 16.0. The maximum Gasteiger partial charge on any atom is 0.387 e. The van der Waals surface area contributed by atoms with E-state index in [1.54, 1.807) is 0 Å². The van der Waals surface area contributed by atoms with E-state index < -0.39 is 45.7 Å². The second-order valence-electron chi connectivity index (χ2n) is 8.86. The third kappa shape index (κ3) is 4.82. The normalized spacial score (nSPS) is 21.1. The highest BCUT2D eigenvalue weighted by Gasteiger charge is 2.49. The molecule has 1 aromatic heterocycles. The highest BCUT2D eigenvalue weighted by Crippen LogP contribution is 2.51. The average Bonchev–Trinajstić information content (AvgIpc) is 3.38. The number of pyridine rings is 1. The van der Waals surface area contributed by atoms with E-state index in [9.17, 15) is 26.6 Å². The van der Waals surface area contributed by atoms with Gasteiger partial charge in [-0.15, -0.1) is 0 Å². The van der Waals surface area contributed by atoms with E-state index in [-0.39, 0.29) is 21.8 Å². The molecule has 34 heavy (non-hydrogen) atoms. The van der Waals surface area contributed by atoms with Crippen LogP contribution in [-0.4, -0.2) is 40.6 Å². The van der Waals surface area contributed by atoms with Gasteiger partial charge in [0.25, 0.3) is 0 Å². The van der Waals surface area contributed by atoms with Crippen molar-refractivity contribution in [3.8, 4) is 5.75 Å². The van der Waals surface area contributed by atoms with Crippen molar-refractivity contribution in [1.29, 1.82) is 4.78 Å². The molecule has 1 saturated heterocycles. The highest BCUT2D eigenvalue weighted by molar-refractivity contribution is 7.91. The molecule has 1 amide bonds. The molecular weight excluding hydrogens is 476 g/mol. The number of hydrogen-bond donors (Lipinski definition) is 2. The number of carbonyl (C=O) groups excluding carboxylic acids is 1. The molecule has 0 unspecified atom stereocenters. The zero-order chi connectivity index (χ0) is 24.7. The number of nitrogens with zero attached hydrogens (tertiary/aromatic N) is 2. The predicted molar refractivity (Wildman–Crippen MR) is 118 cm³/mol. The van der Waals surface area contributed by atoms with Crippen molar-refractivity contribution < 1.29 is 31.3 Å². The Morgan fingerprint density at radius 1 is 1.29 bits per heavy atom. The van der Waals surface area contributed by atoms with Crippen LogP contribution in [0.2, 0.25) is 0 Å². The first-order valence-corrected chi connectivity index (χ1v) is 12.7. The van der Waals surface area contributed by atoms with Crippen LogP contribution >= 0.6 is 0 Å². The summed E-state index contributed by atoms with van der Waals surface area (Å²) in [5.74, 6) is -4.32. The predicted octanol–water partition coefficient (Wildman–Crippen LogP) is 4.77. The smallest absolute Gasteiger partial charge is 0.387 e. The minimum atomic E-state index is -3.38. The van der Waals surface area contributed by atoms with E-state index in [0.717, 1.165) is 37.8 Å². The van der Waals surface area contributed by atoms with Crippen LogP contribution in [0.5, 0.6) is 5.75 Å². The lowest BCUT2D eigenvalue weighted by molar-refractivity contribution is -0.117. The third-order valence-corrected chi connectivity index (χ3v) is 7.44. The minimum Gasteiger partial charge on any atom is -0.429 e. The van der Waals surface area contributed by atoms with Gasteiger partial charge in [0.15, 0.2) is 11.6 Å². The zero-order valence-corrected chi connectivity index (χ0v) is 19.1. The second-order valence-corrected chi connectivity index (χ2v) is 11.0. The zero-order valence-electron chi connectivity index (χ0n) is 18.3. The molecule has 2 atom stereocenters. The van der Waals surface area contributed by atoms with Gasteiger partial charge < -0.3 is 15.0 Å². The Morgan fingerprint density at radius 3 is 2.65 bits per heavy atom. The molecule has 12 heteroatoms. The molecule has 0 bridgehead atoms. The molecule has 2 aliphatic rings. The molecule has 1 aliphatic heterocycles. The van der Waals surface area contributed by atoms with Crippen LogP contribution in [0.4, 0.5) is 28.9 Å². The molecule has 1 spiro atoms. The molecule has 0 radical (unpaired) electrons. The van der Waals surface area contributed by atoms with Crippen LogP contribution in [-0.2, 0) is 14.5 Å². The summed E-state index contributed by atoms with van der Waals surface area (Å²) in [6.45, 7) is -3.08. The van der Waals surface area contributed by atoms with Gasteiger partial charge in [0.05, 0.1) is 15.4 Å². The lowest BCUT2D eigenvalue weighted by Crippen LogP contribution is -2.40. The monoisotopic (exact) mass is 500 g/mol. The van der Waals surface area contributed by atoms with E-state index in [1.807, 2.05) is 0 Å². The summed E-state index contributed by atoms with van der Waals surface area (Å²) in [4.78, 5) is 18.7. The molecule has 184 valence electrons. The summed E-state index contributed by atoms with van der Waals surface area (Å²) in [6, 6.07) is 3.89. The first kappa shape index (κ1) is 24.2. The number of amides is 1. The Labute approximate surface area is 194 Å². The van der Waals surface area contributed by atoms with Crippen molar-refractivity contribution >= 4 is 27.0 Å². The molecule has 2 heterocycles. The van der Waals surface area contributed by atoms with Crippen molar-refractivity contribution in [1.82, 2.24) is 4.98 Å². The number of anilines is 2. The molecular formula is C22H24F4N4O3S. The van der Waals surface area contributed by atoms with Gasteiger partial charge in [-0.3, -0.25) is 4.79 Å². The first-order valence-electron chi connectivity index (χ1n) is 10.7. The second kappa shape index (κ2) is 9.05. The summed E-state index contributed by atoms with van der Waals surface area (Å²) >= 11 is 0. The van der Waals surface area contributed by atoms with Crippen LogP contribution in [0, 0.1) is 21.8 Å². The van der Waals surface area contributed by atoms with Gasteiger partial charge in [-0.1, -0.05) is 12.8 Å². The quantitative estimate of drug-likeness (QED) is 0.557. The Bertz CT molecular complexity index is 1200. The number of halogens is 4. The largest absolute Gasteiger partial charge is 0.429 e. The number of aromatic nitrogens is 1. The molecule has 1 aliphatic carbocycles. The minimum absolute atomic E-state index is 0.00549. The lowest BCUT2D eigenvalue weighted by atomic mass is 9.84. The lowest BCUT2D eigenvalue weighted by Gasteiger charge is -2.28. The number of rotatable bonds is 6. The molecule has 4 rings (SSSR count). The van der Waals surface area contributed by atoms with Crippen LogP contribution in [0.25, 0.3) is 0 Å². The van der Waals surface area contributed by atoms with E-state index >= 15 is 0 Å². The van der Waals surface area contributed by atoms with Gasteiger partial charge >= 0.3 is 6.61 Å². The van der Waals surface area contributed by atoms with Gasteiger partial charge in [0.1, 0.15) is 11.1 Å². The number of ether oxygens (including phenoxy) is 1. The molecule has 7 nitrogen and oxygen atoms in total. The van der Waals surface area contributed by atoms with E-state index in [4.69, 9.17) is 4.78 Å². The summed E-state index contributed by atoms with van der Waals surface area (Å²) in [6.07, 6.45) is 6.45. The molecule has 1 saturated carbocycles. The van der Waals surface area contributed by atoms with Gasteiger partial charge in [-0.25, -0.2) is 18.4 Å². The summed E-state index contributed by atoms with van der Waals surface area (Å²) in [5, 5.41) is 2.70. The van der Waals surface area contributed by atoms with Crippen LogP contribution < -0.4 is 15.0 Å². The maximum atomic E-state index is 14.5. The number of hydrogen-bond acceptors (Lipinski definition) is 6. The topological polar surface area (TPSA) is 95.4 Å². The molecule has 2 N–H and O–H groups in total. The third-order valence-electron chi connectivity index (χ3n) is 6.42. The van der Waals surface area contributed by atoms with E-state index in [0.29, 0.717) is 13.0 Å². The van der Waals surface area contributed by atoms with Crippen LogP contribution in [0.1, 0.15) is 32.1 Å². The highest BCUT2D eigenvalue weighted by atomic mass is 32.2. The molecule has 2 fully saturated rings. The average molecular weight is 501 g/mol. The van der Waals surface area contributed by atoms with Crippen LogP contribution in [0.15, 0.2) is 35.5 Å². The maximum absolute atomic E-state index is 14.5. The number of nitrogens with one attached hydrogen (secondary N) is 2. The van der Waals surface area contributed by atoms with Crippen molar-refractivity contribution in [2.45, 2.75) is 49.8 Å². The Morgan fingerprint density at radius 2 is 2.00 bits per heavy atom. The number of alkyl halides is 2. The molecule has 2 aromatic rings. The molecule has 1 aromatic carbocycles. The van der Waals surface area contributed by atoms with Crippen LogP contribution in [0.3, 0.4) is 0 Å². The fourth-order valence-electron chi connectivity index (χ4n) is 4.91. The summed E-state index contributed by atoms with van der Waals surface area (Å²) in [7, 11) is -3.12. The van der Waals surface area contributed by atoms with Crippen molar-refractivity contribution in [3.05, 3.63) is 42.1 Å². The number of benzene rings is 1. The standard InChI is InChI=1S/C22H24F4N4O3S/c1-34(27,32)17-10-13(6-9-28-17)29-20(31)16-11-22(7-2-3-8-22)12-30(16)15-5-4-14(23)18(24)19(15)33-21(25)26/h4-6,9-10,16,21,27H,2-3,7-8,11-12H2,1H3,(H,28,29,31)/t16-,34-/m1/s1.